The number of furan rings is 1. The smallest absolute Gasteiger partial charge is 0.137 e. The van der Waals surface area contributed by atoms with E-state index < -0.39 is 0 Å². The first-order valence-electron chi connectivity index (χ1n) is 17.7. The van der Waals surface area contributed by atoms with Crippen molar-refractivity contribution in [3.05, 3.63) is 200 Å². The summed E-state index contributed by atoms with van der Waals surface area (Å²) in [5.41, 5.74) is 12.2. The largest absolute Gasteiger partial charge is 0.456 e. The molecule has 0 amide bonds. The van der Waals surface area contributed by atoms with Gasteiger partial charge in [0.25, 0.3) is 0 Å². The van der Waals surface area contributed by atoms with E-state index in [0.717, 1.165) is 44.6 Å². The molecule has 0 aliphatic rings. The fourth-order valence-electron chi connectivity index (χ4n) is 7.60. The van der Waals surface area contributed by atoms with Crippen molar-refractivity contribution in [3.8, 4) is 33.4 Å². The highest BCUT2D eigenvalue weighted by atomic mass is 16.3. The second kappa shape index (κ2) is 12.5. The summed E-state index contributed by atoms with van der Waals surface area (Å²) >= 11 is 0. The average Bonchev–Trinajstić information content (AvgIpc) is 3.61. The zero-order valence-electron chi connectivity index (χ0n) is 28.4. The molecule has 0 aliphatic heterocycles. The second-order valence-electron chi connectivity index (χ2n) is 13.4. The van der Waals surface area contributed by atoms with Crippen molar-refractivity contribution < 1.29 is 4.42 Å². The fourth-order valence-corrected chi connectivity index (χ4v) is 7.60. The van der Waals surface area contributed by atoms with E-state index in [1.54, 1.807) is 0 Å². The average molecular weight is 664 g/mol. The molecule has 52 heavy (non-hydrogen) atoms. The third-order valence-corrected chi connectivity index (χ3v) is 10.2. The molecule has 0 N–H and O–H groups in total. The van der Waals surface area contributed by atoms with Crippen LogP contribution in [0, 0.1) is 0 Å². The van der Waals surface area contributed by atoms with Crippen molar-refractivity contribution >= 4 is 60.5 Å². The Morgan fingerprint density at radius 3 is 1.58 bits per heavy atom. The quantitative estimate of drug-likeness (QED) is 0.176. The van der Waals surface area contributed by atoms with Gasteiger partial charge in [0.15, 0.2) is 0 Å². The predicted molar refractivity (Wildman–Crippen MR) is 220 cm³/mol. The Bertz CT molecular complexity index is 2900. The number of fused-ring (bicyclic) bond motifs is 5. The highest BCUT2D eigenvalue weighted by Crippen LogP contribution is 2.44. The summed E-state index contributed by atoms with van der Waals surface area (Å²) < 4.78 is 6.35. The molecule has 1 heterocycles. The van der Waals surface area contributed by atoms with E-state index >= 15 is 0 Å². The molecular weight excluding hydrogens is 631 g/mol. The SMILES string of the molecule is c1ccc(-c2ccc(N(c3cccc(-c4ccc5cc(-c6ccc7ccccc7c6)ccc5c4)c3)c3cccc4oc5ccccc5c34)cc2)cc1. The molecule has 0 bridgehead atoms. The standard InChI is InChI=1S/C50H33NO/c1-2-10-34(11-3-1)36-26-28-44(29-27-36)51(47-17-9-19-49-50(47)46-16-6-7-18-48(46)52-49)45-15-8-14-38(33-45)39-22-23-43-32-42(25-24-41(43)31-39)40-21-20-35-12-4-5-13-37(35)30-40/h1-33H. The van der Waals surface area contributed by atoms with Gasteiger partial charge in [-0.05, 0) is 116 Å². The van der Waals surface area contributed by atoms with E-state index in [1.807, 2.05) is 12.1 Å². The van der Waals surface area contributed by atoms with Gasteiger partial charge in [-0.1, -0.05) is 140 Å². The van der Waals surface area contributed by atoms with Crippen molar-refractivity contribution in [2.45, 2.75) is 0 Å². The summed E-state index contributed by atoms with van der Waals surface area (Å²) in [7, 11) is 0. The predicted octanol–water partition coefficient (Wildman–Crippen LogP) is 14.4. The number of anilines is 3. The van der Waals surface area contributed by atoms with E-state index in [4.69, 9.17) is 4.42 Å². The molecule has 0 aliphatic carbocycles. The molecule has 2 nitrogen and oxygen atoms in total. The Balaban J connectivity index is 1.07. The minimum Gasteiger partial charge on any atom is -0.456 e. The lowest BCUT2D eigenvalue weighted by molar-refractivity contribution is 0.669. The molecule has 244 valence electrons. The lowest BCUT2D eigenvalue weighted by Crippen LogP contribution is -2.10. The number of nitrogens with zero attached hydrogens (tertiary/aromatic N) is 1. The van der Waals surface area contributed by atoms with Crippen LogP contribution in [0.1, 0.15) is 0 Å². The zero-order chi connectivity index (χ0) is 34.4. The van der Waals surface area contributed by atoms with E-state index in [0.29, 0.717) is 0 Å². The summed E-state index contributed by atoms with van der Waals surface area (Å²) in [6.45, 7) is 0. The summed E-state index contributed by atoms with van der Waals surface area (Å²) in [4.78, 5) is 2.36. The molecule has 0 atom stereocenters. The van der Waals surface area contributed by atoms with E-state index in [2.05, 4.69) is 193 Å². The topological polar surface area (TPSA) is 16.4 Å². The molecule has 2 heteroatoms. The van der Waals surface area contributed by atoms with Crippen molar-refractivity contribution in [2.75, 3.05) is 4.90 Å². The zero-order valence-corrected chi connectivity index (χ0v) is 28.4. The summed E-state index contributed by atoms with van der Waals surface area (Å²) in [6, 6.07) is 71.8. The van der Waals surface area contributed by atoms with Gasteiger partial charge >= 0.3 is 0 Å². The number of hydrogen-bond donors (Lipinski definition) is 0. The molecule has 0 unspecified atom stereocenters. The van der Waals surface area contributed by atoms with Crippen LogP contribution in [0.25, 0.3) is 76.9 Å². The molecular formula is C50H33NO. The maximum absolute atomic E-state index is 6.35. The molecule has 10 aromatic rings. The number of rotatable bonds is 6. The highest BCUT2D eigenvalue weighted by Gasteiger charge is 2.20. The van der Waals surface area contributed by atoms with Gasteiger partial charge in [-0.2, -0.15) is 0 Å². The number of benzene rings is 9. The van der Waals surface area contributed by atoms with Crippen LogP contribution in [0.2, 0.25) is 0 Å². The monoisotopic (exact) mass is 663 g/mol. The molecule has 0 saturated carbocycles. The second-order valence-corrected chi connectivity index (χ2v) is 13.4. The number of para-hydroxylation sites is 1. The van der Waals surface area contributed by atoms with Gasteiger partial charge in [0.2, 0.25) is 0 Å². The minimum atomic E-state index is 0.873. The van der Waals surface area contributed by atoms with Crippen LogP contribution in [-0.4, -0.2) is 0 Å². The van der Waals surface area contributed by atoms with Gasteiger partial charge in [-0.3, -0.25) is 0 Å². The molecule has 9 aromatic carbocycles. The lowest BCUT2D eigenvalue weighted by atomic mass is 9.96. The van der Waals surface area contributed by atoms with Gasteiger partial charge < -0.3 is 9.32 Å². The van der Waals surface area contributed by atoms with Crippen molar-refractivity contribution in [1.82, 2.24) is 0 Å². The Morgan fingerprint density at radius 1 is 0.308 bits per heavy atom. The van der Waals surface area contributed by atoms with Crippen LogP contribution in [0.4, 0.5) is 17.1 Å². The maximum Gasteiger partial charge on any atom is 0.137 e. The first-order chi connectivity index (χ1) is 25.7. The maximum atomic E-state index is 6.35. The Morgan fingerprint density at radius 2 is 0.827 bits per heavy atom. The van der Waals surface area contributed by atoms with Crippen LogP contribution in [0.3, 0.4) is 0 Å². The van der Waals surface area contributed by atoms with Crippen molar-refractivity contribution in [2.24, 2.45) is 0 Å². The van der Waals surface area contributed by atoms with Gasteiger partial charge in [0, 0.05) is 16.8 Å². The Labute approximate surface area is 302 Å². The first-order valence-corrected chi connectivity index (χ1v) is 17.7. The van der Waals surface area contributed by atoms with Gasteiger partial charge in [-0.15, -0.1) is 0 Å². The normalized spacial score (nSPS) is 11.5. The molecule has 1 aromatic heterocycles. The van der Waals surface area contributed by atoms with E-state index in [-0.39, 0.29) is 0 Å². The van der Waals surface area contributed by atoms with Crippen molar-refractivity contribution in [3.63, 3.8) is 0 Å². The van der Waals surface area contributed by atoms with Gasteiger partial charge in [0.05, 0.1) is 11.1 Å². The summed E-state index contributed by atoms with van der Waals surface area (Å²) in [6.07, 6.45) is 0. The van der Waals surface area contributed by atoms with E-state index in [1.165, 1.54) is 49.4 Å². The Hall–Kier alpha value is -6.90. The van der Waals surface area contributed by atoms with Crippen molar-refractivity contribution in [1.29, 1.82) is 0 Å². The molecule has 0 radical (unpaired) electrons. The van der Waals surface area contributed by atoms with Gasteiger partial charge in [-0.25, -0.2) is 0 Å². The molecule has 0 spiro atoms. The lowest BCUT2D eigenvalue weighted by Gasteiger charge is -2.27. The number of hydrogen-bond acceptors (Lipinski definition) is 2. The Kier molecular flexibility index (Phi) is 7.18. The van der Waals surface area contributed by atoms with Crippen LogP contribution in [0.5, 0.6) is 0 Å². The van der Waals surface area contributed by atoms with Crippen LogP contribution < -0.4 is 4.90 Å². The summed E-state index contributed by atoms with van der Waals surface area (Å²) in [5, 5.41) is 7.17. The van der Waals surface area contributed by atoms with Crippen LogP contribution in [-0.2, 0) is 0 Å². The summed E-state index contributed by atoms with van der Waals surface area (Å²) in [5.74, 6) is 0. The highest BCUT2D eigenvalue weighted by molar-refractivity contribution is 6.13. The van der Waals surface area contributed by atoms with Crippen LogP contribution in [0.15, 0.2) is 205 Å². The third-order valence-electron chi connectivity index (χ3n) is 10.2. The minimum absolute atomic E-state index is 0.873. The molecule has 0 fully saturated rings. The van der Waals surface area contributed by atoms with E-state index in [9.17, 15) is 0 Å². The molecule has 10 rings (SSSR count). The first kappa shape index (κ1) is 30.0. The van der Waals surface area contributed by atoms with Crippen LogP contribution >= 0.6 is 0 Å². The molecule has 0 saturated heterocycles. The third kappa shape index (κ3) is 5.30. The van der Waals surface area contributed by atoms with Gasteiger partial charge in [0.1, 0.15) is 11.2 Å². The fraction of sp³-hybridized carbons (Fsp3) is 0.